The number of rotatable bonds is 5. The summed E-state index contributed by atoms with van der Waals surface area (Å²) in [4.78, 5) is 12.6. The van der Waals surface area contributed by atoms with Crippen LogP contribution in [0.3, 0.4) is 0 Å². The molecule has 0 aliphatic carbocycles. The third-order valence-electron chi connectivity index (χ3n) is 5.71. The van der Waals surface area contributed by atoms with E-state index in [1.54, 1.807) is 6.33 Å². The van der Waals surface area contributed by atoms with Gasteiger partial charge in [-0.15, -0.1) is 0 Å². The molecule has 2 aromatic rings. The highest BCUT2D eigenvalue weighted by Gasteiger charge is 2.43. The highest BCUT2D eigenvalue weighted by molar-refractivity contribution is 7.79. The van der Waals surface area contributed by atoms with E-state index in [-0.39, 0.29) is 28.7 Å². The Labute approximate surface area is 177 Å². The summed E-state index contributed by atoms with van der Waals surface area (Å²) in [6.45, 7) is 11.4. The van der Waals surface area contributed by atoms with Crippen molar-refractivity contribution in [2.75, 3.05) is 19.5 Å². The maximum atomic E-state index is 6.37. The minimum absolute atomic E-state index is 0.0821. The molecule has 1 aliphatic heterocycles. The third-order valence-corrected chi connectivity index (χ3v) is 10.5. The molecule has 0 unspecified atom stereocenters. The third kappa shape index (κ3) is 4.52. The van der Waals surface area contributed by atoms with Gasteiger partial charge >= 0.3 is 5.24 Å². The first kappa shape index (κ1) is 21.9. The van der Waals surface area contributed by atoms with E-state index in [9.17, 15) is 0 Å². The molecule has 11 heteroatoms. The van der Waals surface area contributed by atoms with Crippen molar-refractivity contribution in [3.63, 3.8) is 0 Å². The lowest BCUT2D eigenvalue weighted by Crippen LogP contribution is -2.44. The zero-order valence-electron chi connectivity index (χ0n) is 17.7. The molecule has 1 aliphatic rings. The lowest BCUT2D eigenvalue weighted by Gasteiger charge is -2.37. The van der Waals surface area contributed by atoms with Gasteiger partial charge < -0.3 is 24.4 Å². The van der Waals surface area contributed by atoms with E-state index in [4.69, 9.17) is 36.6 Å². The van der Waals surface area contributed by atoms with Gasteiger partial charge in [-0.3, -0.25) is 4.57 Å². The Kier molecular flexibility index (Phi) is 6.13. The number of hydrogen-bond donors (Lipinski definition) is 1. The number of hydrogen-bond acceptors (Lipinski definition) is 9. The smallest absolute Gasteiger partial charge is 0.352 e. The lowest BCUT2D eigenvalue weighted by atomic mass is 10.2. The van der Waals surface area contributed by atoms with E-state index in [2.05, 4.69) is 48.8 Å². The van der Waals surface area contributed by atoms with Crippen molar-refractivity contribution in [1.82, 2.24) is 19.5 Å². The van der Waals surface area contributed by atoms with Gasteiger partial charge in [-0.1, -0.05) is 20.8 Å². The van der Waals surface area contributed by atoms with E-state index in [0.29, 0.717) is 30.0 Å². The molecular weight excluding hydrogens is 410 g/mol. The first-order valence-electron chi connectivity index (χ1n) is 9.50. The van der Waals surface area contributed by atoms with Crippen LogP contribution in [-0.4, -0.2) is 59.0 Å². The van der Waals surface area contributed by atoms with Crippen molar-refractivity contribution in [1.29, 1.82) is 0 Å². The number of methoxy groups -OCH3 is 1. The number of ether oxygens (including phenoxy) is 3. The van der Waals surface area contributed by atoms with Crippen molar-refractivity contribution in [2.24, 2.45) is 0 Å². The van der Waals surface area contributed by atoms with E-state index < -0.39 is 8.32 Å². The Bertz CT molecular complexity index is 885. The molecule has 3 heterocycles. The monoisotopic (exact) mass is 439 g/mol. The Hall–Kier alpha value is -1.82. The summed E-state index contributed by atoms with van der Waals surface area (Å²) in [5.74, 6) is 0.331. The van der Waals surface area contributed by atoms with Gasteiger partial charge in [0.05, 0.1) is 20.0 Å². The number of nitrogen functional groups attached to an aromatic ring is 1. The quantitative estimate of drug-likeness (QED) is 0.555. The van der Waals surface area contributed by atoms with Crippen LogP contribution in [0.4, 0.5) is 5.82 Å². The molecule has 0 aromatic carbocycles. The van der Waals surface area contributed by atoms with Crippen LogP contribution in [0.2, 0.25) is 18.1 Å². The number of anilines is 1. The topological polar surface area (TPSA) is 107 Å². The van der Waals surface area contributed by atoms with Crippen LogP contribution >= 0.6 is 12.2 Å². The zero-order valence-corrected chi connectivity index (χ0v) is 19.5. The summed E-state index contributed by atoms with van der Waals surface area (Å²) in [6.07, 6.45) is 2.66. The predicted octanol–water partition coefficient (Wildman–Crippen LogP) is 3.03. The van der Waals surface area contributed by atoms with Crippen molar-refractivity contribution < 1.29 is 18.6 Å². The Morgan fingerprint density at radius 2 is 2.07 bits per heavy atom. The fourth-order valence-corrected chi connectivity index (χ4v) is 4.04. The van der Waals surface area contributed by atoms with Crippen LogP contribution in [0.1, 0.15) is 33.4 Å². The van der Waals surface area contributed by atoms with Gasteiger partial charge in [-0.2, -0.15) is 0 Å². The van der Waals surface area contributed by atoms with Crippen LogP contribution in [0.5, 0.6) is 0 Å². The van der Waals surface area contributed by atoms with Gasteiger partial charge in [-0.25, -0.2) is 15.0 Å². The highest BCUT2D eigenvalue weighted by atomic mass is 32.1. The molecule has 2 aromatic heterocycles. The van der Waals surface area contributed by atoms with Crippen molar-refractivity contribution in [3.05, 3.63) is 12.7 Å². The summed E-state index contributed by atoms with van der Waals surface area (Å²) in [6, 6.07) is 0. The first-order valence-corrected chi connectivity index (χ1v) is 12.8. The van der Waals surface area contributed by atoms with Crippen LogP contribution in [0.15, 0.2) is 12.7 Å². The Morgan fingerprint density at radius 3 is 2.72 bits per heavy atom. The van der Waals surface area contributed by atoms with Gasteiger partial charge in [0.15, 0.2) is 19.8 Å². The molecule has 0 radical (unpaired) electrons. The molecule has 9 nitrogen and oxygen atoms in total. The number of aromatic nitrogens is 4. The molecule has 29 heavy (non-hydrogen) atoms. The number of nitrogens with zero attached hydrogens (tertiary/aromatic N) is 4. The average molecular weight is 440 g/mol. The zero-order chi connectivity index (χ0) is 21.4. The van der Waals surface area contributed by atoms with Gasteiger partial charge in [0.2, 0.25) is 0 Å². The fourth-order valence-electron chi connectivity index (χ4n) is 2.90. The molecule has 2 N–H and O–H groups in total. The number of nitrogens with two attached hydrogens (primary N) is 1. The van der Waals surface area contributed by atoms with Gasteiger partial charge in [0.1, 0.15) is 30.3 Å². The molecular formula is C18H29N5O4SSi. The molecule has 0 saturated carbocycles. The minimum atomic E-state index is -1.95. The Morgan fingerprint density at radius 1 is 1.34 bits per heavy atom. The summed E-state index contributed by atoms with van der Waals surface area (Å²) in [7, 11) is -0.460. The second-order valence-corrected chi connectivity index (χ2v) is 13.8. The van der Waals surface area contributed by atoms with E-state index in [1.807, 2.05) is 4.57 Å². The van der Waals surface area contributed by atoms with E-state index >= 15 is 0 Å². The molecule has 0 spiro atoms. The first-order chi connectivity index (χ1) is 13.5. The summed E-state index contributed by atoms with van der Waals surface area (Å²) < 4.78 is 25.4. The van der Waals surface area contributed by atoms with Crippen LogP contribution in [0.25, 0.3) is 11.2 Å². The molecule has 1 fully saturated rings. The lowest BCUT2D eigenvalue weighted by molar-refractivity contribution is -0.0411. The van der Waals surface area contributed by atoms with Crippen molar-refractivity contribution in [3.8, 4) is 0 Å². The number of fused-ring (bicyclic) bond motifs is 1. The molecule has 3 atom stereocenters. The molecule has 0 bridgehead atoms. The van der Waals surface area contributed by atoms with Crippen LogP contribution in [-0.2, 0) is 18.6 Å². The van der Waals surface area contributed by atoms with Crippen molar-refractivity contribution in [2.45, 2.75) is 63.8 Å². The maximum absolute atomic E-state index is 6.37. The molecule has 1 saturated heterocycles. The Balaban J connectivity index is 1.81. The summed E-state index contributed by atoms with van der Waals surface area (Å²) >= 11 is 5.11. The minimum Gasteiger partial charge on any atom is -0.460 e. The second-order valence-electron chi connectivity index (χ2n) is 8.63. The van der Waals surface area contributed by atoms with Gasteiger partial charge in [0.25, 0.3) is 0 Å². The predicted molar refractivity (Wildman–Crippen MR) is 116 cm³/mol. The van der Waals surface area contributed by atoms with Gasteiger partial charge in [-0.05, 0) is 18.1 Å². The molecule has 160 valence electrons. The summed E-state index contributed by atoms with van der Waals surface area (Å²) in [5, 5.41) is 0.177. The SMILES string of the molecule is COC(=S)O[C@@H]1C[C@H](n2cnc3c(N)ncnc32)O[C@H]1CO[Si](C)(C)C(C)(C)C. The van der Waals surface area contributed by atoms with Crippen LogP contribution in [0, 0.1) is 0 Å². The van der Waals surface area contributed by atoms with Crippen molar-refractivity contribution >= 4 is 42.8 Å². The molecule has 0 amide bonds. The summed E-state index contributed by atoms with van der Waals surface area (Å²) in [5.41, 5.74) is 7.06. The number of imidazole rings is 1. The molecule has 3 rings (SSSR count). The van der Waals surface area contributed by atoms with Crippen LogP contribution < -0.4 is 5.73 Å². The highest BCUT2D eigenvalue weighted by Crippen LogP contribution is 2.38. The largest absolute Gasteiger partial charge is 0.460 e. The standard InChI is InChI=1S/C18H29N5O4SSi/c1-18(2,3)29(5,6)25-8-12-11(27-17(28)24-4)7-13(26-12)23-10-22-14-15(19)20-9-21-16(14)23/h9-13H,7-8H2,1-6H3,(H2,19,20,21)/t11-,12+,13-/m1/s1. The fraction of sp³-hybridized carbons (Fsp3) is 0.667. The van der Waals surface area contributed by atoms with Gasteiger partial charge in [0, 0.05) is 18.6 Å². The second kappa shape index (κ2) is 8.13. The average Bonchev–Trinajstić information content (AvgIpc) is 3.23. The van der Waals surface area contributed by atoms with E-state index in [0.717, 1.165) is 0 Å². The normalized spacial score (nSPS) is 22.8. The van der Waals surface area contributed by atoms with E-state index in [1.165, 1.54) is 13.4 Å². The number of thiocarbonyl (C=S) groups is 1. The maximum Gasteiger partial charge on any atom is 0.352 e.